The predicted octanol–water partition coefficient (Wildman–Crippen LogP) is 3.21. The number of benzene rings is 1. The molecule has 32 heavy (non-hydrogen) atoms. The third kappa shape index (κ3) is 5.41. The zero-order chi connectivity index (χ0) is 22.7. The normalized spacial score (nSPS) is 19.1. The Hall–Kier alpha value is -2.61. The van der Waals surface area contributed by atoms with Gasteiger partial charge in [-0.1, -0.05) is 35.3 Å². The minimum atomic E-state index is -0.649. The number of nitrogens with one attached hydrogen (secondary N) is 4. The number of amides is 2. The van der Waals surface area contributed by atoms with Gasteiger partial charge in [-0.15, -0.1) is 0 Å². The molecule has 0 spiro atoms. The number of H-pyrrole nitrogens is 1. The van der Waals surface area contributed by atoms with Crippen molar-refractivity contribution in [2.45, 2.75) is 38.4 Å². The van der Waals surface area contributed by atoms with Crippen LogP contribution in [-0.2, 0) is 22.6 Å². The maximum atomic E-state index is 12.6. The fourth-order valence-corrected chi connectivity index (χ4v) is 4.41. The largest absolute Gasteiger partial charge is 0.350 e. The Morgan fingerprint density at radius 2 is 2.09 bits per heavy atom. The van der Waals surface area contributed by atoms with E-state index in [2.05, 4.69) is 25.9 Å². The average Bonchev–Trinajstić information content (AvgIpc) is 3.39. The summed E-state index contributed by atoms with van der Waals surface area (Å²) >= 11 is 12.2. The molecule has 4 N–H and O–H groups in total. The van der Waals surface area contributed by atoms with Gasteiger partial charge in [0.05, 0.1) is 11.1 Å². The molecule has 2 aromatic heterocycles. The zero-order valence-electron chi connectivity index (χ0n) is 17.6. The summed E-state index contributed by atoms with van der Waals surface area (Å²) in [7, 11) is 0. The minimum absolute atomic E-state index is 0.163. The van der Waals surface area contributed by atoms with Crippen LogP contribution in [0.3, 0.4) is 0 Å². The number of pyridine rings is 1. The van der Waals surface area contributed by atoms with Gasteiger partial charge in [-0.2, -0.15) is 0 Å². The molecule has 3 atom stereocenters. The second-order valence-corrected chi connectivity index (χ2v) is 9.06. The molecule has 0 radical (unpaired) electrons. The van der Waals surface area contributed by atoms with Crippen molar-refractivity contribution in [2.24, 2.45) is 5.92 Å². The molecular weight excluding hydrogens is 449 g/mol. The summed E-state index contributed by atoms with van der Waals surface area (Å²) in [4.78, 5) is 32.4. The van der Waals surface area contributed by atoms with Gasteiger partial charge in [0, 0.05) is 29.3 Å². The summed E-state index contributed by atoms with van der Waals surface area (Å²) in [5.41, 5.74) is 2.68. The van der Waals surface area contributed by atoms with E-state index in [9.17, 15) is 9.59 Å². The third-order valence-corrected chi connectivity index (χ3v) is 6.26. The van der Waals surface area contributed by atoms with Crippen LogP contribution < -0.4 is 16.0 Å². The molecule has 3 heterocycles. The first kappa shape index (κ1) is 22.6. The highest BCUT2D eigenvalue weighted by molar-refractivity contribution is 6.35. The van der Waals surface area contributed by atoms with Gasteiger partial charge in [-0.25, -0.2) is 4.98 Å². The molecule has 0 saturated carbocycles. The molecule has 1 saturated heterocycles. The van der Waals surface area contributed by atoms with Crippen molar-refractivity contribution >= 4 is 46.0 Å². The van der Waals surface area contributed by atoms with Gasteiger partial charge in [0.1, 0.15) is 11.7 Å². The highest BCUT2D eigenvalue weighted by atomic mass is 35.5. The number of nitrogens with zero attached hydrogens (tertiary/aromatic N) is 1. The first-order valence-electron chi connectivity index (χ1n) is 10.6. The van der Waals surface area contributed by atoms with Crippen LogP contribution in [0.15, 0.2) is 42.7 Å². The van der Waals surface area contributed by atoms with Crippen molar-refractivity contribution in [2.75, 3.05) is 6.54 Å². The lowest BCUT2D eigenvalue weighted by Crippen LogP contribution is -2.49. The predicted molar refractivity (Wildman–Crippen MR) is 126 cm³/mol. The summed E-state index contributed by atoms with van der Waals surface area (Å²) in [6, 6.07) is 8.71. The summed E-state index contributed by atoms with van der Waals surface area (Å²) < 4.78 is 0. The van der Waals surface area contributed by atoms with E-state index >= 15 is 0 Å². The molecule has 0 bridgehead atoms. The summed E-state index contributed by atoms with van der Waals surface area (Å²) in [6.45, 7) is 2.73. The fourth-order valence-electron chi connectivity index (χ4n) is 3.99. The lowest BCUT2D eigenvalue weighted by molar-refractivity contribution is -0.129. The van der Waals surface area contributed by atoms with E-state index in [0.717, 1.165) is 40.9 Å². The summed E-state index contributed by atoms with van der Waals surface area (Å²) in [5, 5.41) is 11.0. The minimum Gasteiger partial charge on any atom is -0.350 e. The number of halogens is 2. The van der Waals surface area contributed by atoms with Crippen molar-refractivity contribution in [3.8, 4) is 0 Å². The van der Waals surface area contributed by atoms with Crippen LogP contribution in [0.5, 0.6) is 0 Å². The Kier molecular flexibility index (Phi) is 6.98. The van der Waals surface area contributed by atoms with E-state index in [1.165, 1.54) is 0 Å². The number of carbonyl (C=O) groups is 2. The van der Waals surface area contributed by atoms with Gasteiger partial charge < -0.3 is 20.9 Å². The fraction of sp³-hybridized carbons (Fsp3) is 0.348. The Morgan fingerprint density at radius 1 is 1.25 bits per heavy atom. The number of fused-ring (bicyclic) bond motifs is 1. The molecule has 7 nitrogen and oxygen atoms in total. The third-order valence-electron chi connectivity index (χ3n) is 5.71. The van der Waals surface area contributed by atoms with Crippen LogP contribution in [0.2, 0.25) is 10.0 Å². The van der Waals surface area contributed by atoms with Crippen LogP contribution in [0.1, 0.15) is 24.5 Å². The lowest BCUT2D eigenvalue weighted by atomic mass is 9.96. The standard InChI is InChI=1S/C23H25Cl2N5O2/c1-13(22(31)29-11-16-7-18-19(25)12-28-21(18)27-10-16)30-23(32)20-8-15(9-26-20)5-14-3-2-4-17(24)6-14/h2-4,6-7,10,12-13,15,20,26H,5,8-9,11H2,1H3,(H,27,28)(H,29,31)(H,30,32)/t13-,15-,20+/m0/s1. The van der Waals surface area contributed by atoms with Crippen molar-refractivity contribution < 1.29 is 9.59 Å². The molecule has 1 aromatic carbocycles. The number of carbonyl (C=O) groups excluding carboxylic acids is 2. The number of hydrogen-bond donors (Lipinski definition) is 4. The molecule has 1 aliphatic heterocycles. The lowest BCUT2D eigenvalue weighted by Gasteiger charge is -2.17. The van der Waals surface area contributed by atoms with Crippen LogP contribution in [-0.4, -0.2) is 40.4 Å². The van der Waals surface area contributed by atoms with Gasteiger partial charge in [0.15, 0.2) is 0 Å². The van der Waals surface area contributed by atoms with Crippen molar-refractivity contribution in [3.05, 3.63) is 63.9 Å². The van der Waals surface area contributed by atoms with Crippen LogP contribution in [0, 0.1) is 5.92 Å². The average molecular weight is 474 g/mol. The first-order valence-corrected chi connectivity index (χ1v) is 11.3. The number of hydrogen-bond acceptors (Lipinski definition) is 4. The second-order valence-electron chi connectivity index (χ2n) is 8.22. The zero-order valence-corrected chi connectivity index (χ0v) is 19.1. The van der Waals surface area contributed by atoms with Gasteiger partial charge in [-0.3, -0.25) is 9.59 Å². The molecule has 1 aliphatic rings. The molecule has 4 rings (SSSR count). The molecule has 0 aliphatic carbocycles. The van der Waals surface area contributed by atoms with E-state index in [0.29, 0.717) is 23.1 Å². The van der Waals surface area contributed by atoms with E-state index in [4.69, 9.17) is 23.2 Å². The van der Waals surface area contributed by atoms with E-state index in [-0.39, 0.29) is 17.9 Å². The molecule has 2 amide bonds. The maximum Gasteiger partial charge on any atom is 0.242 e. The van der Waals surface area contributed by atoms with Crippen molar-refractivity contribution in [1.82, 2.24) is 25.9 Å². The summed E-state index contributed by atoms with van der Waals surface area (Å²) in [6.07, 6.45) is 4.93. The Bertz CT molecular complexity index is 1130. The van der Waals surface area contributed by atoms with E-state index < -0.39 is 6.04 Å². The van der Waals surface area contributed by atoms with E-state index in [1.54, 1.807) is 19.3 Å². The molecule has 1 fully saturated rings. The SMILES string of the molecule is C[C@H](NC(=O)[C@H]1C[C@H](Cc2cccc(Cl)c2)CN1)C(=O)NCc1cnc2[nH]cc(Cl)c2c1. The number of rotatable bonds is 7. The topological polar surface area (TPSA) is 98.9 Å². The van der Waals surface area contributed by atoms with Crippen LogP contribution >= 0.6 is 23.2 Å². The van der Waals surface area contributed by atoms with Crippen molar-refractivity contribution in [3.63, 3.8) is 0 Å². The molecular formula is C23H25Cl2N5O2. The molecule has 168 valence electrons. The quantitative estimate of drug-likeness (QED) is 0.423. The Labute approximate surface area is 196 Å². The Morgan fingerprint density at radius 3 is 2.91 bits per heavy atom. The Balaban J connectivity index is 1.24. The highest BCUT2D eigenvalue weighted by Crippen LogP contribution is 2.22. The van der Waals surface area contributed by atoms with Crippen LogP contribution in [0.4, 0.5) is 0 Å². The number of aromatic amines is 1. The highest BCUT2D eigenvalue weighted by Gasteiger charge is 2.30. The molecule has 3 aromatic rings. The molecule has 0 unspecified atom stereocenters. The van der Waals surface area contributed by atoms with Crippen LogP contribution in [0.25, 0.3) is 11.0 Å². The van der Waals surface area contributed by atoms with Crippen molar-refractivity contribution in [1.29, 1.82) is 0 Å². The van der Waals surface area contributed by atoms with E-state index in [1.807, 2.05) is 30.3 Å². The summed E-state index contributed by atoms with van der Waals surface area (Å²) in [5.74, 6) is -0.0773. The second kappa shape index (κ2) is 9.90. The monoisotopic (exact) mass is 473 g/mol. The van der Waals surface area contributed by atoms with Gasteiger partial charge >= 0.3 is 0 Å². The van der Waals surface area contributed by atoms with Gasteiger partial charge in [-0.05, 0) is 61.6 Å². The first-order chi connectivity index (χ1) is 15.4. The van der Waals surface area contributed by atoms with Gasteiger partial charge in [0.25, 0.3) is 0 Å². The van der Waals surface area contributed by atoms with Gasteiger partial charge in [0.2, 0.25) is 11.8 Å². The maximum absolute atomic E-state index is 12.6. The molecule has 9 heteroatoms. The number of aromatic nitrogens is 2. The smallest absolute Gasteiger partial charge is 0.242 e.